The van der Waals surface area contributed by atoms with E-state index in [1.54, 1.807) is 0 Å². The number of para-hydroxylation sites is 3. The van der Waals surface area contributed by atoms with Gasteiger partial charge in [0.25, 0.3) is 5.91 Å². The molecule has 1 aromatic heterocycles. The van der Waals surface area contributed by atoms with E-state index in [2.05, 4.69) is 16.0 Å². The number of benzene rings is 3. The molecule has 6 rings (SSSR count). The van der Waals surface area contributed by atoms with Gasteiger partial charge in [0.15, 0.2) is 0 Å². The number of imidazole rings is 1. The van der Waals surface area contributed by atoms with E-state index < -0.39 is 0 Å². The Labute approximate surface area is 209 Å². The van der Waals surface area contributed by atoms with Gasteiger partial charge in [-0.1, -0.05) is 48.5 Å². The largest absolute Gasteiger partial charge is 0.486 e. The van der Waals surface area contributed by atoms with Gasteiger partial charge in [0.05, 0.1) is 23.5 Å². The maximum Gasteiger partial charge on any atom is 0.252 e. The van der Waals surface area contributed by atoms with Gasteiger partial charge in [0, 0.05) is 24.7 Å². The molecule has 0 aliphatic carbocycles. The van der Waals surface area contributed by atoms with E-state index in [1.807, 2.05) is 77.7 Å². The lowest BCUT2D eigenvalue weighted by atomic mass is 10.00. The Morgan fingerprint density at radius 1 is 0.944 bits per heavy atom. The average Bonchev–Trinajstić information content (AvgIpc) is 3.45. The summed E-state index contributed by atoms with van der Waals surface area (Å²) in [4.78, 5) is 32.2. The maximum atomic E-state index is 13.1. The quantitative estimate of drug-likeness (QED) is 0.436. The van der Waals surface area contributed by atoms with Crippen molar-refractivity contribution >= 4 is 22.8 Å². The summed E-state index contributed by atoms with van der Waals surface area (Å²) in [5.41, 5.74) is 3.64. The van der Waals surface area contributed by atoms with Crippen LogP contribution in [0.15, 0.2) is 78.9 Å². The molecule has 0 spiro atoms. The van der Waals surface area contributed by atoms with Crippen LogP contribution >= 0.6 is 0 Å². The lowest BCUT2D eigenvalue weighted by Crippen LogP contribution is -2.40. The molecule has 3 heterocycles. The first-order valence-electron chi connectivity index (χ1n) is 12.5. The maximum absolute atomic E-state index is 13.1. The highest BCUT2D eigenvalue weighted by atomic mass is 16.5. The summed E-state index contributed by atoms with van der Waals surface area (Å²) in [6.45, 7) is 1.74. The molecule has 2 aliphatic heterocycles. The van der Waals surface area contributed by atoms with Crippen molar-refractivity contribution in [3.05, 3.63) is 95.8 Å². The third-order valence-corrected chi connectivity index (χ3v) is 7.23. The molecule has 7 heteroatoms. The summed E-state index contributed by atoms with van der Waals surface area (Å²) >= 11 is 0. The summed E-state index contributed by atoms with van der Waals surface area (Å²) < 4.78 is 8.34. The number of nitrogens with zero attached hydrogens (tertiary/aromatic N) is 3. The van der Waals surface area contributed by atoms with Crippen molar-refractivity contribution in [3.63, 3.8) is 0 Å². The van der Waals surface area contributed by atoms with E-state index in [0.717, 1.165) is 41.0 Å². The van der Waals surface area contributed by atoms with Crippen LogP contribution in [-0.4, -0.2) is 39.4 Å². The first kappa shape index (κ1) is 22.3. The highest BCUT2D eigenvalue weighted by Gasteiger charge is 2.32. The molecule has 1 N–H and O–H groups in total. The van der Waals surface area contributed by atoms with Crippen LogP contribution in [0.4, 0.5) is 0 Å². The zero-order valence-electron chi connectivity index (χ0n) is 20.0. The molecular formula is C29H28N4O3. The summed E-state index contributed by atoms with van der Waals surface area (Å²) in [5.74, 6) is 1.70. The van der Waals surface area contributed by atoms with Crippen molar-refractivity contribution < 1.29 is 14.3 Å². The zero-order valence-corrected chi connectivity index (χ0v) is 20.0. The van der Waals surface area contributed by atoms with Crippen LogP contribution in [-0.2, 0) is 11.4 Å². The van der Waals surface area contributed by atoms with Gasteiger partial charge in [0.2, 0.25) is 5.91 Å². The van der Waals surface area contributed by atoms with Crippen LogP contribution < -0.4 is 10.1 Å². The lowest BCUT2D eigenvalue weighted by Gasteiger charge is -2.34. The van der Waals surface area contributed by atoms with Crippen LogP contribution in [0.25, 0.3) is 11.0 Å². The Balaban J connectivity index is 1.15. The molecule has 7 nitrogen and oxygen atoms in total. The number of carbonyl (C=O) groups excluding carboxylic acids is 2. The third-order valence-electron chi connectivity index (χ3n) is 7.23. The molecule has 0 bridgehead atoms. The minimum atomic E-state index is -0.252. The number of nitrogens with one attached hydrogen (secondary N) is 1. The van der Waals surface area contributed by atoms with Gasteiger partial charge in [-0.3, -0.25) is 9.59 Å². The van der Waals surface area contributed by atoms with Crippen molar-refractivity contribution in [3.8, 4) is 5.75 Å². The second-order valence-corrected chi connectivity index (χ2v) is 9.42. The summed E-state index contributed by atoms with van der Waals surface area (Å²) in [6, 6.07) is 25.5. The first-order valence-corrected chi connectivity index (χ1v) is 12.5. The molecule has 3 aromatic carbocycles. The number of hydrogen-bond donors (Lipinski definition) is 1. The van der Waals surface area contributed by atoms with Crippen molar-refractivity contribution in [2.45, 2.75) is 38.0 Å². The predicted octanol–water partition coefficient (Wildman–Crippen LogP) is 4.65. The molecule has 36 heavy (non-hydrogen) atoms. The number of amides is 2. The summed E-state index contributed by atoms with van der Waals surface area (Å²) in [5, 5.41) is 2.96. The van der Waals surface area contributed by atoms with Gasteiger partial charge in [-0.05, 0) is 48.7 Å². The SMILES string of the molecule is O=C1NC(CC(=O)N2CCC(n3c(COc4ccccc4)nc4ccccc43)CC2)c2ccccc21. The minimum absolute atomic E-state index is 0.0820. The van der Waals surface area contributed by atoms with Crippen molar-refractivity contribution in [1.82, 2.24) is 19.8 Å². The highest BCUT2D eigenvalue weighted by Crippen LogP contribution is 2.32. The van der Waals surface area contributed by atoms with Crippen LogP contribution in [0.2, 0.25) is 0 Å². The fourth-order valence-electron chi connectivity index (χ4n) is 5.43. The van der Waals surface area contributed by atoms with Crippen LogP contribution in [0.5, 0.6) is 5.75 Å². The Bertz CT molecular complexity index is 1410. The molecule has 182 valence electrons. The number of carbonyl (C=O) groups is 2. The Morgan fingerprint density at radius 3 is 2.50 bits per heavy atom. The smallest absolute Gasteiger partial charge is 0.252 e. The standard InChI is InChI=1S/C29H28N4O3/c34-28(18-25-22-10-4-5-11-23(22)29(35)31-25)32-16-14-20(15-17-32)33-26-13-7-6-12-24(26)30-27(33)19-36-21-8-2-1-3-9-21/h1-13,20,25H,14-19H2,(H,31,35). The van der Waals surface area contributed by atoms with Crippen LogP contribution in [0.1, 0.15) is 53.1 Å². The van der Waals surface area contributed by atoms with Gasteiger partial charge in [-0.15, -0.1) is 0 Å². The molecule has 2 amide bonds. The Kier molecular flexibility index (Phi) is 5.89. The number of rotatable bonds is 6. The zero-order chi connectivity index (χ0) is 24.5. The molecule has 4 aromatic rings. The third kappa shape index (κ3) is 4.21. The predicted molar refractivity (Wildman–Crippen MR) is 137 cm³/mol. The molecule has 1 unspecified atom stereocenters. The van der Waals surface area contributed by atoms with Gasteiger partial charge in [-0.25, -0.2) is 4.98 Å². The molecule has 1 fully saturated rings. The number of hydrogen-bond acceptors (Lipinski definition) is 4. The van der Waals surface area contributed by atoms with Gasteiger partial charge < -0.3 is 19.5 Å². The van der Waals surface area contributed by atoms with Crippen LogP contribution in [0.3, 0.4) is 0 Å². The number of piperidine rings is 1. The summed E-state index contributed by atoms with van der Waals surface area (Å²) in [6.07, 6.45) is 1.98. The van der Waals surface area contributed by atoms with Crippen molar-refractivity contribution in [2.75, 3.05) is 13.1 Å². The monoisotopic (exact) mass is 480 g/mol. The van der Waals surface area contributed by atoms with E-state index >= 15 is 0 Å². The normalized spacial score (nSPS) is 17.7. The topological polar surface area (TPSA) is 76.5 Å². The number of likely N-dealkylation sites (tertiary alicyclic amines) is 1. The fraction of sp³-hybridized carbons (Fsp3) is 0.276. The lowest BCUT2D eigenvalue weighted by molar-refractivity contribution is -0.133. The molecule has 1 saturated heterocycles. The van der Waals surface area contributed by atoms with Gasteiger partial charge in [0.1, 0.15) is 18.2 Å². The van der Waals surface area contributed by atoms with E-state index in [-0.39, 0.29) is 30.3 Å². The van der Waals surface area contributed by atoms with Crippen LogP contribution in [0, 0.1) is 0 Å². The van der Waals surface area contributed by atoms with Gasteiger partial charge >= 0.3 is 0 Å². The number of fused-ring (bicyclic) bond motifs is 2. The Hall–Kier alpha value is -4.13. The average molecular weight is 481 g/mol. The molecule has 0 radical (unpaired) electrons. The second-order valence-electron chi connectivity index (χ2n) is 9.42. The molecule has 0 saturated carbocycles. The van der Waals surface area contributed by atoms with E-state index in [0.29, 0.717) is 25.3 Å². The molecule has 2 aliphatic rings. The van der Waals surface area contributed by atoms with E-state index in [4.69, 9.17) is 9.72 Å². The van der Waals surface area contributed by atoms with Crippen molar-refractivity contribution in [1.29, 1.82) is 0 Å². The van der Waals surface area contributed by atoms with E-state index in [1.165, 1.54) is 0 Å². The van der Waals surface area contributed by atoms with Crippen molar-refractivity contribution in [2.24, 2.45) is 0 Å². The minimum Gasteiger partial charge on any atom is -0.486 e. The first-order chi connectivity index (χ1) is 17.7. The molecule has 1 atom stereocenters. The van der Waals surface area contributed by atoms with Gasteiger partial charge in [-0.2, -0.15) is 0 Å². The fourth-order valence-corrected chi connectivity index (χ4v) is 5.43. The van der Waals surface area contributed by atoms with E-state index in [9.17, 15) is 9.59 Å². The second kappa shape index (κ2) is 9.49. The number of ether oxygens (including phenoxy) is 1. The highest BCUT2D eigenvalue weighted by molar-refractivity contribution is 5.99. The summed E-state index contributed by atoms with van der Waals surface area (Å²) in [7, 11) is 0. The molecular weight excluding hydrogens is 452 g/mol. The Morgan fingerprint density at radius 2 is 1.67 bits per heavy atom. The number of aromatic nitrogens is 2.